The molecule has 94 valence electrons. The van der Waals surface area contributed by atoms with Gasteiger partial charge in [-0.15, -0.1) is 0 Å². The molecule has 0 fully saturated rings. The zero-order chi connectivity index (χ0) is 12.8. The van der Waals surface area contributed by atoms with Crippen molar-refractivity contribution in [2.24, 2.45) is 5.73 Å². The number of ether oxygens (including phenoxy) is 1. The lowest BCUT2D eigenvalue weighted by Crippen LogP contribution is -2.39. The highest BCUT2D eigenvalue weighted by Gasteiger charge is 2.15. The Morgan fingerprint density at radius 2 is 2.29 bits per heavy atom. The van der Waals surface area contributed by atoms with Crippen LogP contribution in [0.25, 0.3) is 0 Å². The lowest BCUT2D eigenvalue weighted by Gasteiger charge is -2.16. The third-order valence-corrected chi connectivity index (χ3v) is 2.76. The van der Waals surface area contributed by atoms with Gasteiger partial charge in [-0.1, -0.05) is 18.5 Å². The molecule has 0 bridgehead atoms. The number of carbonyl (C=O) groups excluding carboxylic acids is 1. The topological polar surface area (TPSA) is 64.3 Å². The molecule has 17 heavy (non-hydrogen) atoms. The molecule has 0 spiro atoms. The minimum absolute atomic E-state index is 0.0251. The first-order valence-electron chi connectivity index (χ1n) is 5.46. The van der Waals surface area contributed by atoms with E-state index in [0.717, 1.165) is 6.42 Å². The summed E-state index contributed by atoms with van der Waals surface area (Å²) in [5.74, 6) is 0.262. The van der Waals surface area contributed by atoms with Crippen LogP contribution in [0.1, 0.15) is 23.7 Å². The lowest BCUT2D eigenvalue weighted by molar-refractivity contribution is 0.0934. The van der Waals surface area contributed by atoms with Gasteiger partial charge < -0.3 is 15.8 Å². The molecule has 0 aliphatic rings. The molecule has 1 aromatic rings. The summed E-state index contributed by atoms with van der Waals surface area (Å²) in [6.07, 6.45) is 0.790. The van der Waals surface area contributed by atoms with Gasteiger partial charge in [-0.2, -0.15) is 0 Å². The highest BCUT2D eigenvalue weighted by Crippen LogP contribution is 2.23. The van der Waals surface area contributed by atoms with Crippen LogP contribution in [0.4, 0.5) is 0 Å². The molecule has 0 aliphatic carbocycles. The fourth-order valence-corrected chi connectivity index (χ4v) is 1.61. The quantitative estimate of drug-likeness (QED) is 0.845. The fraction of sp³-hybridized carbons (Fsp3) is 0.417. The largest absolute Gasteiger partial charge is 0.496 e. The Balaban J connectivity index is 2.88. The Bertz CT molecular complexity index is 392. The first-order chi connectivity index (χ1) is 8.12. The van der Waals surface area contributed by atoms with Crippen molar-refractivity contribution in [2.45, 2.75) is 19.4 Å². The van der Waals surface area contributed by atoms with Gasteiger partial charge in [0.15, 0.2) is 0 Å². The van der Waals surface area contributed by atoms with E-state index in [9.17, 15) is 4.79 Å². The lowest BCUT2D eigenvalue weighted by atomic mass is 10.1. The molecule has 0 saturated heterocycles. The van der Waals surface area contributed by atoms with E-state index in [1.54, 1.807) is 18.2 Å². The monoisotopic (exact) mass is 256 g/mol. The van der Waals surface area contributed by atoms with Gasteiger partial charge in [0.2, 0.25) is 0 Å². The summed E-state index contributed by atoms with van der Waals surface area (Å²) >= 11 is 5.83. The van der Waals surface area contributed by atoms with Crippen molar-refractivity contribution >= 4 is 17.5 Å². The third-order valence-electron chi connectivity index (χ3n) is 2.52. The summed E-state index contributed by atoms with van der Waals surface area (Å²) in [4.78, 5) is 12.0. The third kappa shape index (κ3) is 3.61. The van der Waals surface area contributed by atoms with Gasteiger partial charge in [-0.3, -0.25) is 4.79 Å². The number of hydrogen-bond acceptors (Lipinski definition) is 3. The normalized spacial score (nSPS) is 12.0. The number of rotatable bonds is 5. The van der Waals surface area contributed by atoms with Crippen LogP contribution in [-0.2, 0) is 0 Å². The SMILES string of the molecule is CCC(CN)NC(=O)c1ccc(Cl)cc1OC. The molecule has 1 rings (SSSR count). The number of methoxy groups -OCH3 is 1. The first kappa shape index (κ1) is 13.8. The number of nitrogens with one attached hydrogen (secondary N) is 1. The van der Waals surface area contributed by atoms with E-state index >= 15 is 0 Å². The van der Waals surface area contributed by atoms with Crippen LogP contribution in [0, 0.1) is 0 Å². The predicted octanol–water partition coefficient (Wildman–Crippen LogP) is 1.82. The maximum Gasteiger partial charge on any atom is 0.255 e. The van der Waals surface area contributed by atoms with E-state index in [2.05, 4.69) is 5.32 Å². The van der Waals surface area contributed by atoms with Crippen LogP contribution >= 0.6 is 11.6 Å². The van der Waals surface area contributed by atoms with Gasteiger partial charge in [0.1, 0.15) is 5.75 Å². The molecule has 3 N–H and O–H groups in total. The fourth-order valence-electron chi connectivity index (χ4n) is 1.44. The van der Waals surface area contributed by atoms with Gasteiger partial charge in [0, 0.05) is 17.6 Å². The molecule has 0 heterocycles. The van der Waals surface area contributed by atoms with Crippen molar-refractivity contribution in [3.8, 4) is 5.75 Å². The Morgan fingerprint density at radius 3 is 2.82 bits per heavy atom. The molecule has 0 radical (unpaired) electrons. The number of nitrogens with two attached hydrogens (primary N) is 1. The first-order valence-corrected chi connectivity index (χ1v) is 5.84. The van der Waals surface area contributed by atoms with E-state index in [1.807, 2.05) is 6.92 Å². The van der Waals surface area contributed by atoms with Gasteiger partial charge >= 0.3 is 0 Å². The average Bonchev–Trinajstić information content (AvgIpc) is 2.35. The second-order valence-electron chi connectivity index (χ2n) is 3.66. The number of carbonyl (C=O) groups is 1. The zero-order valence-corrected chi connectivity index (χ0v) is 10.8. The smallest absolute Gasteiger partial charge is 0.255 e. The second-order valence-corrected chi connectivity index (χ2v) is 4.10. The van der Waals surface area contributed by atoms with Crippen molar-refractivity contribution in [3.63, 3.8) is 0 Å². The summed E-state index contributed by atoms with van der Waals surface area (Å²) in [7, 11) is 1.50. The molecule has 0 saturated carbocycles. The van der Waals surface area contributed by atoms with Crippen LogP contribution in [0.5, 0.6) is 5.75 Å². The number of hydrogen-bond donors (Lipinski definition) is 2. The molecule has 0 aliphatic heterocycles. The van der Waals surface area contributed by atoms with E-state index < -0.39 is 0 Å². The summed E-state index contributed by atoms with van der Waals surface area (Å²) < 4.78 is 5.12. The summed E-state index contributed by atoms with van der Waals surface area (Å²) in [5, 5.41) is 3.37. The summed E-state index contributed by atoms with van der Waals surface area (Å²) in [5.41, 5.74) is 6.00. The Kier molecular flexibility index (Phi) is 5.25. The maximum absolute atomic E-state index is 12.0. The zero-order valence-electron chi connectivity index (χ0n) is 10.00. The van der Waals surface area contributed by atoms with Crippen molar-refractivity contribution in [1.29, 1.82) is 0 Å². The summed E-state index contributed by atoms with van der Waals surface area (Å²) in [6.45, 7) is 2.38. The Hall–Kier alpha value is -1.26. The van der Waals surface area contributed by atoms with Gasteiger partial charge in [0.25, 0.3) is 5.91 Å². The van der Waals surface area contributed by atoms with Gasteiger partial charge in [0.05, 0.1) is 12.7 Å². The van der Waals surface area contributed by atoms with Crippen LogP contribution in [-0.4, -0.2) is 25.6 Å². The standard InChI is InChI=1S/C12H17ClN2O2/c1-3-9(7-14)15-12(16)10-5-4-8(13)6-11(10)17-2/h4-6,9H,3,7,14H2,1-2H3,(H,15,16). The highest BCUT2D eigenvalue weighted by atomic mass is 35.5. The predicted molar refractivity (Wildman–Crippen MR) is 68.6 cm³/mol. The van der Waals surface area contributed by atoms with Crippen molar-refractivity contribution in [3.05, 3.63) is 28.8 Å². The molecule has 1 aromatic carbocycles. The molecule has 1 atom stereocenters. The molecule has 1 unspecified atom stereocenters. The van der Waals surface area contributed by atoms with Gasteiger partial charge in [-0.05, 0) is 24.6 Å². The van der Waals surface area contributed by atoms with E-state index in [0.29, 0.717) is 22.9 Å². The molecule has 4 nitrogen and oxygen atoms in total. The van der Waals surface area contributed by atoms with Crippen LogP contribution in [0.2, 0.25) is 5.02 Å². The Morgan fingerprint density at radius 1 is 1.59 bits per heavy atom. The molecule has 5 heteroatoms. The second kappa shape index (κ2) is 6.47. The maximum atomic E-state index is 12.0. The van der Waals surface area contributed by atoms with Crippen LogP contribution in [0.15, 0.2) is 18.2 Å². The van der Waals surface area contributed by atoms with Crippen LogP contribution in [0.3, 0.4) is 0 Å². The van der Waals surface area contributed by atoms with Crippen molar-refractivity contribution in [2.75, 3.05) is 13.7 Å². The van der Waals surface area contributed by atoms with Crippen molar-refractivity contribution < 1.29 is 9.53 Å². The molecule has 1 amide bonds. The number of benzene rings is 1. The summed E-state index contributed by atoms with van der Waals surface area (Å²) in [6, 6.07) is 4.88. The molecular weight excluding hydrogens is 240 g/mol. The highest BCUT2D eigenvalue weighted by molar-refractivity contribution is 6.30. The van der Waals surface area contributed by atoms with Crippen LogP contribution < -0.4 is 15.8 Å². The van der Waals surface area contributed by atoms with E-state index in [4.69, 9.17) is 22.1 Å². The average molecular weight is 257 g/mol. The number of amides is 1. The minimum atomic E-state index is -0.198. The van der Waals surface area contributed by atoms with Gasteiger partial charge in [-0.25, -0.2) is 0 Å². The van der Waals surface area contributed by atoms with Crippen molar-refractivity contribution in [1.82, 2.24) is 5.32 Å². The van der Waals surface area contributed by atoms with E-state index in [1.165, 1.54) is 7.11 Å². The molecule has 0 aromatic heterocycles. The van der Waals surface area contributed by atoms with E-state index in [-0.39, 0.29) is 11.9 Å². The minimum Gasteiger partial charge on any atom is -0.496 e. The Labute approximate surface area is 106 Å². The number of halogens is 1. The molecular formula is C12H17ClN2O2.